The van der Waals surface area contributed by atoms with Crippen LogP contribution in [0.5, 0.6) is 5.75 Å². The number of hydrogen-bond acceptors (Lipinski definition) is 5. The van der Waals surface area contributed by atoms with Crippen LogP contribution in [0.15, 0.2) is 76.5 Å². The lowest BCUT2D eigenvalue weighted by molar-refractivity contribution is 0.291. The Morgan fingerprint density at radius 2 is 1.79 bits per heavy atom. The Balaban J connectivity index is 1.49. The van der Waals surface area contributed by atoms with E-state index in [1.54, 1.807) is 11.3 Å². The maximum absolute atomic E-state index is 5.97. The van der Waals surface area contributed by atoms with Gasteiger partial charge in [-0.25, -0.2) is 9.97 Å². The third-order valence-electron chi connectivity index (χ3n) is 4.78. The Morgan fingerprint density at radius 1 is 0.966 bits per heavy atom. The minimum atomic E-state index is 0.382. The number of ether oxygens (including phenoxy) is 1. The highest BCUT2D eigenvalue weighted by Crippen LogP contribution is 2.27. The SMILES string of the molecule is Cc1oc(-c2cccs2)nc1Cn1c(COc2ccccc2)nc2ccccc21. The fourth-order valence-electron chi connectivity index (χ4n) is 3.31. The van der Waals surface area contributed by atoms with Crippen LogP contribution in [0.3, 0.4) is 0 Å². The van der Waals surface area contributed by atoms with Crippen LogP contribution in [-0.2, 0) is 13.2 Å². The largest absolute Gasteiger partial charge is 0.486 e. The third kappa shape index (κ3) is 3.54. The van der Waals surface area contributed by atoms with Gasteiger partial charge in [0.25, 0.3) is 0 Å². The smallest absolute Gasteiger partial charge is 0.236 e. The topological polar surface area (TPSA) is 53.1 Å². The molecule has 0 saturated carbocycles. The molecule has 0 bridgehead atoms. The maximum Gasteiger partial charge on any atom is 0.236 e. The highest BCUT2D eigenvalue weighted by atomic mass is 32.1. The van der Waals surface area contributed by atoms with Gasteiger partial charge in [0.15, 0.2) is 0 Å². The van der Waals surface area contributed by atoms with Gasteiger partial charge in [-0.3, -0.25) is 0 Å². The Hall–Kier alpha value is -3.38. The van der Waals surface area contributed by atoms with Crippen LogP contribution in [0.4, 0.5) is 0 Å². The quantitative estimate of drug-likeness (QED) is 0.367. The molecule has 0 radical (unpaired) electrons. The van der Waals surface area contributed by atoms with Gasteiger partial charge in [0.2, 0.25) is 5.89 Å². The molecule has 144 valence electrons. The van der Waals surface area contributed by atoms with E-state index in [-0.39, 0.29) is 0 Å². The van der Waals surface area contributed by atoms with Gasteiger partial charge >= 0.3 is 0 Å². The van der Waals surface area contributed by atoms with Gasteiger partial charge in [0.05, 0.1) is 22.5 Å². The molecular weight excluding hydrogens is 382 g/mol. The van der Waals surface area contributed by atoms with Gasteiger partial charge < -0.3 is 13.7 Å². The Kier molecular flexibility index (Phi) is 4.62. The first-order valence-corrected chi connectivity index (χ1v) is 10.3. The van der Waals surface area contributed by atoms with Crippen molar-refractivity contribution >= 4 is 22.4 Å². The van der Waals surface area contributed by atoms with E-state index in [0.717, 1.165) is 38.9 Å². The fraction of sp³-hybridized carbons (Fsp3) is 0.130. The fourth-order valence-corrected chi connectivity index (χ4v) is 3.96. The number of oxazole rings is 1. The van der Waals surface area contributed by atoms with Crippen molar-refractivity contribution < 1.29 is 9.15 Å². The second-order valence-electron chi connectivity index (χ2n) is 6.70. The van der Waals surface area contributed by atoms with E-state index in [1.165, 1.54) is 0 Å². The number of nitrogens with zero attached hydrogens (tertiary/aromatic N) is 3. The van der Waals surface area contributed by atoms with E-state index in [4.69, 9.17) is 19.1 Å². The lowest BCUT2D eigenvalue weighted by Crippen LogP contribution is -2.09. The molecule has 3 heterocycles. The maximum atomic E-state index is 5.97. The number of aromatic nitrogens is 3. The van der Waals surface area contributed by atoms with Crippen molar-refractivity contribution in [3.63, 3.8) is 0 Å². The molecule has 0 atom stereocenters. The first-order valence-electron chi connectivity index (χ1n) is 9.40. The standard InChI is InChI=1S/C23H19N3O2S/c1-16-19(25-23(28-16)21-12-7-13-29-21)14-26-20-11-6-5-10-18(20)24-22(26)15-27-17-8-3-2-4-9-17/h2-13H,14-15H2,1H3. The van der Waals surface area contributed by atoms with E-state index in [1.807, 2.05) is 73.0 Å². The molecule has 0 amide bonds. The van der Waals surface area contributed by atoms with Gasteiger partial charge in [0, 0.05) is 0 Å². The zero-order chi connectivity index (χ0) is 19.6. The molecule has 0 unspecified atom stereocenters. The highest BCUT2D eigenvalue weighted by molar-refractivity contribution is 7.13. The van der Waals surface area contributed by atoms with Crippen molar-refractivity contribution in [2.45, 2.75) is 20.1 Å². The van der Waals surface area contributed by atoms with Crippen LogP contribution in [0.25, 0.3) is 21.8 Å². The van der Waals surface area contributed by atoms with E-state index in [9.17, 15) is 0 Å². The van der Waals surface area contributed by atoms with Crippen molar-refractivity contribution in [2.24, 2.45) is 0 Å². The normalized spacial score (nSPS) is 11.2. The molecule has 0 saturated heterocycles. The molecule has 0 aliphatic carbocycles. The lowest BCUT2D eigenvalue weighted by atomic mass is 10.3. The van der Waals surface area contributed by atoms with Gasteiger partial charge in [-0.1, -0.05) is 36.4 Å². The van der Waals surface area contributed by atoms with Crippen molar-refractivity contribution in [3.05, 3.63) is 89.4 Å². The first-order chi connectivity index (χ1) is 14.3. The summed E-state index contributed by atoms with van der Waals surface area (Å²) < 4.78 is 14.0. The minimum absolute atomic E-state index is 0.382. The summed E-state index contributed by atoms with van der Waals surface area (Å²) in [6.45, 7) is 2.92. The summed E-state index contributed by atoms with van der Waals surface area (Å²) in [6.07, 6.45) is 0. The molecule has 6 heteroatoms. The van der Waals surface area contributed by atoms with Crippen molar-refractivity contribution in [1.82, 2.24) is 14.5 Å². The van der Waals surface area contributed by atoms with Crippen molar-refractivity contribution in [3.8, 4) is 16.5 Å². The number of benzene rings is 2. The van der Waals surface area contributed by atoms with Crippen LogP contribution in [0, 0.1) is 6.92 Å². The van der Waals surface area contributed by atoms with Gasteiger partial charge in [-0.15, -0.1) is 11.3 Å². The summed E-state index contributed by atoms with van der Waals surface area (Å²) >= 11 is 1.62. The molecular formula is C23H19N3O2S. The van der Waals surface area contributed by atoms with Crippen LogP contribution in [0.1, 0.15) is 17.3 Å². The van der Waals surface area contributed by atoms with E-state index in [2.05, 4.69) is 10.6 Å². The number of hydrogen-bond donors (Lipinski definition) is 0. The predicted octanol–water partition coefficient (Wildman–Crippen LogP) is 5.69. The molecule has 0 aliphatic heterocycles. The summed E-state index contributed by atoms with van der Waals surface area (Å²) in [5, 5.41) is 2.02. The number of aryl methyl sites for hydroxylation is 1. The zero-order valence-electron chi connectivity index (χ0n) is 15.9. The Bertz CT molecular complexity index is 1240. The minimum Gasteiger partial charge on any atom is -0.486 e. The van der Waals surface area contributed by atoms with Crippen LogP contribution in [-0.4, -0.2) is 14.5 Å². The molecule has 29 heavy (non-hydrogen) atoms. The first kappa shape index (κ1) is 17.7. The second-order valence-corrected chi connectivity index (χ2v) is 7.65. The monoisotopic (exact) mass is 401 g/mol. The summed E-state index contributed by atoms with van der Waals surface area (Å²) in [4.78, 5) is 10.6. The number of fused-ring (bicyclic) bond motifs is 1. The van der Waals surface area contributed by atoms with Crippen molar-refractivity contribution in [2.75, 3.05) is 0 Å². The average Bonchev–Trinajstić information content (AvgIpc) is 3.48. The average molecular weight is 401 g/mol. The summed E-state index contributed by atoms with van der Waals surface area (Å²) in [6, 6.07) is 21.9. The summed E-state index contributed by atoms with van der Waals surface area (Å²) in [5.74, 6) is 3.17. The van der Waals surface area contributed by atoms with E-state index < -0.39 is 0 Å². The molecule has 5 aromatic rings. The molecule has 5 nitrogen and oxygen atoms in total. The van der Waals surface area contributed by atoms with Gasteiger partial charge in [-0.2, -0.15) is 0 Å². The van der Waals surface area contributed by atoms with Crippen LogP contribution >= 0.6 is 11.3 Å². The zero-order valence-corrected chi connectivity index (χ0v) is 16.7. The molecule has 2 aromatic carbocycles. The van der Waals surface area contributed by atoms with Crippen molar-refractivity contribution in [1.29, 1.82) is 0 Å². The summed E-state index contributed by atoms with van der Waals surface area (Å²) in [7, 11) is 0. The number of para-hydroxylation sites is 3. The Labute approximate surface area is 172 Å². The summed E-state index contributed by atoms with van der Waals surface area (Å²) in [5.41, 5.74) is 2.90. The third-order valence-corrected chi connectivity index (χ3v) is 5.64. The van der Waals surface area contributed by atoms with Gasteiger partial charge in [-0.05, 0) is 42.6 Å². The molecule has 3 aromatic heterocycles. The molecule has 5 rings (SSSR count). The molecule has 0 fully saturated rings. The van der Waals surface area contributed by atoms with E-state index in [0.29, 0.717) is 19.0 Å². The van der Waals surface area contributed by atoms with E-state index >= 15 is 0 Å². The molecule has 0 N–H and O–H groups in total. The number of rotatable bonds is 6. The molecule has 0 spiro atoms. The molecule has 0 aliphatic rings. The number of imidazole rings is 1. The number of thiophene rings is 1. The Morgan fingerprint density at radius 3 is 2.62 bits per heavy atom. The highest BCUT2D eigenvalue weighted by Gasteiger charge is 2.17. The second kappa shape index (κ2) is 7.56. The predicted molar refractivity (Wildman–Crippen MR) is 114 cm³/mol. The lowest BCUT2D eigenvalue weighted by Gasteiger charge is -2.09. The van der Waals surface area contributed by atoms with Crippen LogP contribution in [0.2, 0.25) is 0 Å². The van der Waals surface area contributed by atoms with Crippen LogP contribution < -0.4 is 4.74 Å². The van der Waals surface area contributed by atoms with Gasteiger partial charge in [0.1, 0.15) is 29.6 Å².